The van der Waals surface area contributed by atoms with Crippen molar-refractivity contribution < 1.29 is 0 Å². The molecule has 2 N–H and O–H groups in total. The summed E-state index contributed by atoms with van der Waals surface area (Å²) in [6.45, 7) is 0. The lowest BCUT2D eigenvalue weighted by atomic mass is 9.87. The minimum Gasteiger partial charge on any atom is -0.354 e. The van der Waals surface area contributed by atoms with Crippen molar-refractivity contribution in [3.63, 3.8) is 0 Å². The van der Waals surface area contributed by atoms with E-state index in [1.807, 2.05) is 78.9 Å². The average Bonchev–Trinajstić information content (AvgIpc) is 3.27. The van der Waals surface area contributed by atoms with Crippen LogP contribution >= 0.6 is 0 Å². The molecule has 0 bridgehead atoms. The molecule has 4 heteroatoms. The maximum absolute atomic E-state index is 9.59. The van der Waals surface area contributed by atoms with Crippen molar-refractivity contribution >= 4 is 28.8 Å². The first kappa shape index (κ1) is 33.4. The van der Waals surface area contributed by atoms with Crippen LogP contribution in [0.4, 0.5) is 0 Å². The number of rotatable bonds is 8. The smallest absolute Gasteiger partial charge is 0.160 e. The molecule has 8 aromatic rings. The van der Waals surface area contributed by atoms with Crippen molar-refractivity contribution in [3.05, 3.63) is 228 Å². The number of benzene rings is 7. The van der Waals surface area contributed by atoms with Gasteiger partial charge in [0, 0.05) is 39.1 Å². The molecule has 2 heterocycles. The van der Waals surface area contributed by atoms with Gasteiger partial charge < -0.3 is 5.32 Å². The Morgan fingerprint density at radius 1 is 0.418 bits per heavy atom. The van der Waals surface area contributed by atoms with Crippen LogP contribution in [0.15, 0.2) is 200 Å². The van der Waals surface area contributed by atoms with E-state index in [4.69, 9.17) is 9.97 Å². The Morgan fingerprint density at radius 2 is 0.891 bits per heavy atom. The first-order valence-corrected chi connectivity index (χ1v) is 18.4. The summed E-state index contributed by atoms with van der Waals surface area (Å²) in [6.07, 6.45) is 2.20. The summed E-state index contributed by atoms with van der Waals surface area (Å²) in [4.78, 5) is 10.3. The van der Waals surface area contributed by atoms with E-state index in [9.17, 15) is 5.41 Å². The molecule has 1 aliphatic heterocycles. The van der Waals surface area contributed by atoms with E-state index < -0.39 is 0 Å². The molecule has 1 aliphatic rings. The van der Waals surface area contributed by atoms with Gasteiger partial charge >= 0.3 is 0 Å². The second-order valence-corrected chi connectivity index (χ2v) is 13.5. The molecule has 0 atom stereocenters. The average molecular weight is 705 g/mol. The minimum atomic E-state index is 0.449. The lowest BCUT2D eigenvalue weighted by molar-refractivity contribution is 1.18. The van der Waals surface area contributed by atoms with Gasteiger partial charge in [-0.05, 0) is 46.0 Å². The standard InChI is InChI=1S/C51H36N4/c52-49(40-22-12-4-13-23-40)48(39-20-10-3-11-21-39)50-44-31-30-42(32-43(44)33-45(53-50)37-18-8-2-9-19-37)47-34-46(54-51(55-47)41-24-14-5-15-25-41)38-28-26-36(27-29-38)35-16-6-1-7-17-35/h1-34,52-53H/b50-48-,52-49?. The summed E-state index contributed by atoms with van der Waals surface area (Å²) in [5, 5.41) is 13.4. The number of nitrogens with one attached hydrogen (secondary N) is 2. The summed E-state index contributed by atoms with van der Waals surface area (Å²) >= 11 is 0. The molecule has 4 nitrogen and oxygen atoms in total. The lowest BCUT2D eigenvalue weighted by Gasteiger charge is -2.26. The minimum absolute atomic E-state index is 0.449. The third-order valence-corrected chi connectivity index (χ3v) is 9.93. The van der Waals surface area contributed by atoms with Crippen LogP contribution in [0.25, 0.3) is 68.1 Å². The van der Waals surface area contributed by atoms with Crippen LogP contribution in [-0.2, 0) is 0 Å². The Hall–Kier alpha value is -7.43. The van der Waals surface area contributed by atoms with Gasteiger partial charge in [-0.2, -0.15) is 0 Å². The van der Waals surface area contributed by atoms with E-state index in [1.165, 1.54) is 5.56 Å². The van der Waals surface area contributed by atoms with Gasteiger partial charge in [-0.15, -0.1) is 0 Å². The van der Waals surface area contributed by atoms with E-state index in [0.717, 1.165) is 78.4 Å². The van der Waals surface area contributed by atoms with Crippen LogP contribution in [0, 0.1) is 5.41 Å². The predicted octanol–water partition coefficient (Wildman–Crippen LogP) is 12.2. The van der Waals surface area contributed by atoms with Crippen molar-refractivity contribution in [2.75, 3.05) is 0 Å². The van der Waals surface area contributed by atoms with Crippen LogP contribution in [0.5, 0.6) is 0 Å². The van der Waals surface area contributed by atoms with Crippen LogP contribution in [0.1, 0.15) is 27.8 Å². The largest absolute Gasteiger partial charge is 0.354 e. The highest BCUT2D eigenvalue weighted by atomic mass is 14.9. The molecule has 0 aliphatic carbocycles. The highest BCUT2D eigenvalue weighted by Crippen LogP contribution is 2.38. The number of nitrogens with zero attached hydrogens (tertiary/aromatic N) is 2. The number of aromatic nitrogens is 2. The Kier molecular flexibility index (Phi) is 9.05. The zero-order valence-electron chi connectivity index (χ0n) is 30.0. The molecular weight excluding hydrogens is 669 g/mol. The summed E-state index contributed by atoms with van der Waals surface area (Å²) in [5.74, 6) is 0.670. The Labute approximate surface area is 321 Å². The fraction of sp³-hybridized carbons (Fsp3) is 0. The molecule has 0 spiro atoms. The third kappa shape index (κ3) is 6.93. The number of hydrogen-bond donors (Lipinski definition) is 2. The molecule has 260 valence electrons. The molecule has 0 fully saturated rings. The van der Waals surface area contributed by atoms with Crippen molar-refractivity contribution in [2.24, 2.45) is 0 Å². The molecule has 0 saturated carbocycles. The fourth-order valence-electron chi connectivity index (χ4n) is 7.12. The first-order chi connectivity index (χ1) is 27.2. The van der Waals surface area contributed by atoms with Gasteiger partial charge in [0.05, 0.1) is 22.8 Å². The van der Waals surface area contributed by atoms with Gasteiger partial charge in [0.1, 0.15) is 0 Å². The Balaban J connectivity index is 1.22. The van der Waals surface area contributed by atoms with Gasteiger partial charge in [-0.3, -0.25) is 5.41 Å². The van der Waals surface area contributed by atoms with E-state index in [0.29, 0.717) is 11.5 Å². The second kappa shape index (κ2) is 14.9. The van der Waals surface area contributed by atoms with E-state index >= 15 is 0 Å². The molecule has 0 saturated heterocycles. The monoisotopic (exact) mass is 704 g/mol. The highest BCUT2D eigenvalue weighted by molar-refractivity contribution is 6.36. The molecule has 0 radical (unpaired) electrons. The third-order valence-electron chi connectivity index (χ3n) is 9.93. The van der Waals surface area contributed by atoms with Crippen molar-refractivity contribution in [2.45, 2.75) is 0 Å². The Bertz CT molecular complexity index is 2690. The summed E-state index contributed by atoms with van der Waals surface area (Å²) in [5.41, 5.74) is 15.0. The Morgan fingerprint density at radius 3 is 1.51 bits per heavy atom. The van der Waals surface area contributed by atoms with Gasteiger partial charge in [-0.25, -0.2) is 9.97 Å². The summed E-state index contributed by atoms with van der Waals surface area (Å²) in [7, 11) is 0. The summed E-state index contributed by atoms with van der Waals surface area (Å²) < 4.78 is 0. The fourth-order valence-corrected chi connectivity index (χ4v) is 7.12. The molecular formula is C51H36N4. The first-order valence-electron chi connectivity index (χ1n) is 18.4. The number of allylic oxidation sites excluding steroid dienone is 1. The van der Waals surface area contributed by atoms with Crippen LogP contribution < -0.4 is 5.32 Å². The van der Waals surface area contributed by atoms with Crippen LogP contribution in [0.3, 0.4) is 0 Å². The predicted molar refractivity (Wildman–Crippen MR) is 228 cm³/mol. The maximum Gasteiger partial charge on any atom is 0.160 e. The molecule has 55 heavy (non-hydrogen) atoms. The topological polar surface area (TPSA) is 61.7 Å². The molecule has 0 unspecified atom stereocenters. The van der Waals surface area contributed by atoms with Gasteiger partial charge in [0.25, 0.3) is 0 Å². The van der Waals surface area contributed by atoms with Gasteiger partial charge in [-0.1, -0.05) is 188 Å². The van der Waals surface area contributed by atoms with Crippen molar-refractivity contribution in [1.29, 1.82) is 5.41 Å². The molecule has 0 amide bonds. The summed E-state index contributed by atoms with van der Waals surface area (Å²) in [6, 6.07) is 68.3. The SMILES string of the molecule is N=C(/C(=C1\NC(c2ccccc2)=Cc2cc(-c3cc(-c4ccc(-c5ccccc5)cc4)nc(-c4ccccc4)n3)ccc21)c1ccccc1)c1ccccc1. The van der Waals surface area contributed by atoms with Crippen LogP contribution in [0.2, 0.25) is 0 Å². The zero-order valence-corrected chi connectivity index (χ0v) is 30.0. The lowest BCUT2D eigenvalue weighted by Crippen LogP contribution is -2.20. The van der Waals surface area contributed by atoms with E-state index in [2.05, 4.69) is 133 Å². The van der Waals surface area contributed by atoms with Crippen molar-refractivity contribution in [1.82, 2.24) is 15.3 Å². The number of fused-ring (bicyclic) bond motifs is 1. The molecule has 1 aromatic heterocycles. The second-order valence-electron chi connectivity index (χ2n) is 13.5. The quantitative estimate of drug-likeness (QED) is 0.155. The van der Waals surface area contributed by atoms with Gasteiger partial charge in [0.15, 0.2) is 5.82 Å². The highest BCUT2D eigenvalue weighted by Gasteiger charge is 2.24. The van der Waals surface area contributed by atoms with Gasteiger partial charge in [0.2, 0.25) is 0 Å². The zero-order chi connectivity index (χ0) is 37.0. The van der Waals surface area contributed by atoms with E-state index in [-0.39, 0.29) is 0 Å². The maximum atomic E-state index is 9.59. The number of hydrogen-bond acceptors (Lipinski definition) is 4. The van der Waals surface area contributed by atoms with Crippen LogP contribution in [-0.4, -0.2) is 15.7 Å². The molecule has 9 rings (SSSR count). The van der Waals surface area contributed by atoms with Crippen molar-refractivity contribution in [3.8, 4) is 45.0 Å². The van der Waals surface area contributed by atoms with E-state index in [1.54, 1.807) is 0 Å². The molecule has 7 aromatic carbocycles. The normalized spacial score (nSPS) is 12.9.